The van der Waals surface area contributed by atoms with Gasteiger partial charge in [0.15, 0.2) is 0 Å². The van der Waals surface area contributed by atoms with Gasteiger partial charge in [0.25, 0.3) is 0 Å². The van der Waals surface area contributed by atoms with Gasteiger partial charge in [-0.05, 0) is 67.2 Å². The molecule has 6 atom stereocenters. The molecule has 5 heteroatoms. The number of likely N-dealkylation sites (tertiary alicyclic amines) is 1. The van der Waals surface area contributed by atoms with E-state index in [0.717, 1.165) is 17.5 Å². The van der Waals surface area contributed by atoms with Gasteiger partial charge in [0.1, 0.15) is 6.54 Å². The Morgan fingerprint density at radius 1 is 1.04 bits per heavy atom. The summed E-state index contributed by atoms with van der Waals surface area (Å²) in [5.74, 6) is 0.434. The summed E-state index contributed by atoms with van der Waals surface area (Å²) in [4.78, 5) is 39.4. The Bertz CT molecular complexity index is 838. The lowest BCUT2D eigenvalue weighted by Gasteiger charge is -2.37. The van der Waals surface area contributed by atoms with Crippen molar-refractivity contribution >= 4 is 23.4 Å². The summed E-state index contributed by atoms with van der Waals surface area (Å²) in [5.41, 5.74) is 2.93. The van der Waals surface area contributed by atoms with Crippen LogP contribution in [0.5, 0.6) is 0 Å². The molecular formula is C21H22N2O3. The summed E-state index contributed by atoms with van der Waals surface area (Å²) in [6, 6.07) is 5.69. The van der Waals surface area contributed by atoms with E-state index in [2.05, 4.69) is 17.5 Å². The van der Waals surface area contributed by atoms with E-state index in [-0.39, 0.29) is 47.9 Å². The summed E-state index contributed by atoms with van der Waals surface area (Å²) in [7, 11) is 0. The van der Waals surface area contributed by atoms with Crippen LogP contribution in [0, 0.1) is 49.4 Å². The molecule has 134 valence electrons. The second-order valence-corrected chi connectivity index (χ2v) is 8.26. The lowest BCUT2D eigenvalue weighted by atomic mass is 9.63. The lowest BCUT2D eigenvalue weighted by molar-refractivity contribution is -0.142. The minimum Gasteiger partial charge on any atom is -0.325 e. The molecule has 5 aliphatic rings. The molecule has 0 unspecified atom stereocenters. The fourth-order valence-electron chi connectivity index (χ4n) is 5.34. The molecule has 2 saturated carbocycles. The zero-order valence-electron chi connectivity index (χ0n) is 14.9. The second-order valence-electron chi connectivity index (χ2n) is 8.26. The van der Waals surface area contributed by atoms with Gasteiger partial charge in [-0.25, -0.2) is 0 Å². The molecule has 26 heavy (non-hydrogen) atoms. The first-order valence-electron chi connectivity index (χ1n) is 9.36. The van der Waals surface area contributed by atoms with Gasteiger partial charge in [-0.2, -0.15) is 0 Å². The van der Waals surface area contributed by atoms with Crippen LogP contribution in [0.15, 0.2) is 30.4 Å². The van der Waals surface area contributed by atoms with Crippen LogP contribution in [0.1, 0.15) is 17.5 Å². The zero-order chi connectivity index (χ0) is 18.2. The van der Waals surface area contributed by atoms with Crippen LogP contribution in [0.4, 0.5) is 5.69 Å². The predicted molar refractivity (Wildman–Crippen MR) is 96.0 cm³/mol. The molecule has 5 nitrogen and oxygen atoms in total. The third-order valence-electron chi connectivity index (χ3n) is 6.85. The fourth-order valence-corrected chi connectivity index (χ4v) is 5.34. The minimum atomic E-state index is -0.320. The molecule has 3 amide bonds. The molecule has 1 N–H and O–H groups in total. The van der Waals surface area contributed by atoms with Crippen LogP contribution >= 0.6 is 0 Å². The highest BCUT2D eigenvalue weighted by Crippen LogP contribution is 2.65. The molecule has 0 spiro atoms. The van der Waals surface area contributed by atoms with Crippen LogP contribution in [0.3, 0.4) is 0 Å². The highest BCUT2D eigenvalue weighted by atomic mass is 16.2. The van der Waals surface area contributed by atoms with Crippen LogP contribution in [0.25, 0.3) is 0 Å². The number of nitrogens with zero attached hydrogens (tertiary/aromatic N) is 1. The van der Waals surface area contributed by atoms with Crippen LogP contribution in [0.2, 0.25) is 0 Å². The molecule has 1 aromatic rings. The maximum Gasteiger partial charge on any atom is 0.244 e. The number of hydrogen-bond donors (Lipinski definition) is 1. The number of imide groups is 1. The van der Waals surface area contributed by atoms with E-state index in [1.807, 2.05) is 32.0 Å². The van der Waals surface area contributed by atoms with Crippen LogP contribution < -0.4 is 5.32 Å². The molecule has 1 aromatic carbocycles. The summed E-state index contributed by atoms with van der Waals surface area (Å²) < 4.78 is 0. The van der Waals surface area contributed by atoms with E-state index in [4.69, 9.17) is 0 Å². The summed E-state index contributed by atoms with van der Waals surface area (Å²) >= 11 is 0. The minimum absolute atomic E-state index is 0.153. The highest BCUT2D eigenvalue weighted by Gasteiger charge is 2.67. The maximum absolute atomic E-state index is 12.9. The topological polar surface area (TPSA) is 66.5 Å². The first kappa shape index (κ1) is 15.8. The van der Waals surface area contributed by atoms with Crippen LogP contribution in [-0.2, 0) is 14.4 Å². The van der Waals surface area contributed by atoms with Crippen molar-refractivity contribution in [2.24, 2.45) is 35.5 Å². The predicted octanol–water partition coefficient (Wildman–Crippen LogP) is 2.30. The molecule has 6 rings (SSSR count). The Labute approximate surface area is 152 Å². The molecule has 1 saturated heterocycles. The van der Waals surface area contributed by atoms with Gasteiger partial charge in [0.05, 0.1) is 11.8 Å². The van der Waals surface area contributed by atoms with Crippen molar-refractivity contribution < 1.29 is 14.4 Å². The Balaban J connectivity index is 1.32. The van der Waals surface area contributed by atoms with Gasteiger partial charge in [0, 0.05) is 5.69 Å². The van der Waals surface area contributed by atoms with E-state index >= 15 is 0 Å². The number of carbonyl (C=O) groups is 3. The smallest absolute Gasteiger partial charge is 0.244 e. The first-order valence-corrected chi connectivity index (χ1v) is 9.36. The summed E-state index contributed by atoms with van der Waals surface area (Å²) in [6.07, 6.45) is 5.43. The monoisotopic (exact) mass is 350 g/mol. The largest absolute Gasteiger partial charge is 0.325 e. The number of anilines is 1. The van der Waals surface area contributed by atoms with Gasteiger partial charge in [-0.1, -0.05) is 18.2 Å². The second kappa shape index (κ2) is 5.29. The number of allylic oxidation sites excluding steroid dienone is 2. The number of amides is 3. The molecule has 1 heterocycles. The number of carbonyl (C=O) groups excluding carboxylic acids is 3. The highest BCUT2D eigenvalue weighted by molar-refractivity contribution is 6.09. The number of aryl methyl sites for hydroxylation is 2. The SMILES string of the molecule is Cc1ccc(NC(=O)CN2C(=O)[C@@H]3[C@H]4C=C[C@@H]([C@@H]5C[C@@H]45)[C@@H]3C2=O)cc1C. The summed E-state index contributed by atoms with van der Waals surface area (Å²) in [6.45, 7) is 3.81. The third kappa shape index (κ3) is 2.12. The molecular weight excluding hydrogens is 328 g/mol. The van der Waals surface area contributed by atoms with Crippen molar-refractivity contribution in [1.29, 1.82) is 0 Å². The lowest BCUT2D eigenvalue weighted by Crippen LogP contribution is -2.40. The quantitative estimate of drug-likeness (QED) is 0.672. The van der Waals surface area contributed by atoms with E-state index in [1.54, 1.807) is 0 Å². The molecule has 2 bridgehead atoms. The molecule has 0 radical (unpaired) electrons. The molecule has 0 aromatic heterocycles. The average Bonchev–Trinajstić information content (AvgIpc) is 3.39. The van der Waals surface area contributed by atoms with Gasteiger partial charge in [-0.3, -0.25) is 19.3 Å². The third-order valence-corrected chi connectivity index (χ3v) is 6.85. The maximum atomic E-state index is 12.9. The van der Waals surface area contributed by atoms with Crippen molar-refractivity contribution in [3.8, 4) is 0 Å². The number of benzene rings is 1. The molecule has 4 aliphatic carbocycles. The average molecular weight is 350 g/mol. The van der Waals surface area contributed by atoms with Crippen molar-refractivity contribution in [1.82, 2.24) is 4.90 Å². The van der Waals surface area contributed by atoms with Crippen molar-refractivity contribution in [2.75, 3.05) is 11.9 Å². The Hall–Kier alpha value is -2.43. The molecule has 3 fully saturated rings. The fraction of sp³-hybridized carbons (Fsp3) is 0.476. The Kier molecular flexibility index (Phi) is 3.21. The van der Waals surface area contributed by atoms with Crippen molar-refractivity contribution in [2.45, 2.75) is 20.3 Å². The Morgan fingerprint density at radius 2 is 1.65 bits per heavy atom. The van der Waals surface area contributed by atoms with Crippen LogP contribution in [-0.4, -0.2) is 29.2 Å². The number of nitrogens with one attached hydrogen (secondary N) is 1. The number of rotatable bonds is 3. The van der Waals surface area contributed by atoms with Gasteiger partial charge in [0.2, 0.25) is 17.7 Å². The van der Waals surface area contributed by atoms with Gasteiger partial charge < -0.3 is 5.32 Å². The van der Waals surface area contributed by atoms with E-state index in [1.165, 1.54) is 4.90 Å². The van der Waals surface area contributed by atoms with E-state index in [9.17, 15) is 14.4 Å². The Morgan fingerprint density at radius 3 is 2.23 bits per heavy atom. The zero-order valence-corrected chi connectivity index (χ0v) is 14.9. The standard InChI is InChI=1S/C21H22N2O3/c1-10-3-4-12(7-11(10)2)22-17(24)9-23-20(25)18-13-5-6-14(16-8-15(13)16)19(18)21(23)26/h3-7,13-16,18-19H,8-9H2,1-2H3,(H,22,24)/t13-,14-,15-,16-,18-,19+/m0/s1. The first-order chi connectivity index (χ1) is 12.5. The van der Waals surface area contributed by atoms with Crippen molar-refractivity contribution in [3.63, 3.8) is 0 Å². The summed E-state index contributed by atoms with van der Waals surface area (Å²) in [5, 5.41) is 2.81. The van der Waals surface area contributed by atoms with E-state index in [0.29, 0.717) is 17.5 Å². The van der Waals surface area contributed by atoms with Gasteiger partial charge in [-0.15, -0.1) is 0 Å². The molecule has 1 aliphatic heterocycles. The van der Waals surface area contributed by atoms with E-state index < -0.39 is 0 Å². The van der Waals surface area contributed by atoms with Crippen molar-refractivity contribution in [3.05, 3.63) is 41.5 Å². The van der Waals surface area contributed by atoms with Gasteiger partial charge >= 0.3 is 0 Å². The normalized spacial score (nSPS) is 36.2. The number of hydrogen-bond acceptors (Lipinski definition) is 3.